The minimum atomic E-state index is 0.178. The van der Waals surface area contributed by atoms with Crippen molar-refractivity contribution < 1.29 is 4.79 Å². The van der Waals surface area contributed by atoms with E-state index in [1.807, 2.05) is 18.2 Å². The molecule has 0 saturated heterocycles. The zero-order valence-electron chi connectivity index (χ0n) is 10.7. The summed E-state index contributed by atoms with van der Waals surface area (Å²) in [6, 6.07) is 8.08. The van der Waals surface area contributed by atoms with Crippen LogP contribution in [0, 0.1) is 13.8 Å². The molecule has 92 valence electrons. The summed E-state index contributed by atoms with van der Waals surface area (Å²) in [5.41, 5.74) is 4.63. The van der Waals surface area contributed by atoms with Gasteiger partial charge < -0.3 is 0 Å². The van der Waals surface area contributed by atoms with Crippen LogP contribution < -0.4 is 0 Å². The van der Waals surface area contributed by atoms with E-state index in [-0.39, 0.29) is 5.78 Å². The maximum atomic E-state index is 12.4. The first-order chi connectivity index (χ1) is 8.65. The Hall–Kier alpha value is -1.41. The van der Waals surface area contributed by atoms with Gasteiger partial charge in [0, 0.05) is 10.4 Å². The summed E-state index contributed by atoms with van der Waals surface area (Å²) in [5, 5.41) is 0. The van der Waals surface area contributed by atoms with Crippen LogP contribution >= 0.6 is 11.3 Å². The van der Waals surface area contributed by atoms with E-state index in [0.29, 0.717) is 0 Å². The number of benzene rings is 1. The third-order valence-electron chi connectivity index (χ3n) is 3.74. The second-order valence-corrected chi connectivity index (χ2v) is 6.18. The van der Waals surface area contributed by atoms with Crippen molar-refractivity contribution in [2.75, 3.05) is 0 Å². The van der Waals surface area contributed by atoms with Gasteiger partial charge in [0.25, 0.3) is 0 Å². The van der Waals surface area contributed by atoms with Crippen molar-refractivity contribution in [1.82, 2.24) is 0 Å². The molecule has 1 aromatic heterocycles. The topological polar surface area (TPSA) is 17.1 Å². The zero-order valence-corrected chi connectivity index (χ0v) is 11.6. The van der Waals surface area contributed by atoms with E-state index in [9.17, 15) is 4.79 Å². The molecule has 0 aliphatic heterocycles. The average Bonchev–Trinajstić information content (AvgIpc) is 2.92. The summed E-state index contributed by atoms with van der Waals surface area (Å²) >= 11 is 1.69. The Morgan fingerprint density at radius 1 is 1.11 bits per heavy atom. The van der Waals surface area contributed by atoms with Crippen molar-refractivity contribution in [1.29, 1.82) is 0 Å². The molecule has 0 atom stereocenters. The average molecular weight is 256 g/mol. The van der Waals surface area contributed by atoms with Crippen LogP contribution in [0.25, 0.3) is 0 Å². The molecule has 0 unspecified atom stereocenters. The van der Waals surface area contributed by atoms with Gasteiger partial charge in [-0.15, -0.1) is 11.3 Å². The fraction of sp³-hybridized carbons (Fsp3) is 0.312. The second kappa shape index (κ2) is 4.36. The van der Waals surface area contributed by atoms with Crippen LogP contribution in [0.15, 0.2) is 24.3 Å². The number of aryl methyl sites for hydroxylation is 4. The van der Waals surface area contributed by atoms with Gasteiger partial charge in [0.15, 0.2) is 0 Å². The van der Waals surface area contributed by atoms with Crippen molar-refractivity contribution in [3.05, 3.63) is 56.3 Å². The van der Waals surface area contributed by atoms with Crippen LogP contribution in [-0.4, -0.2) is 5.78 Å². The Morgan fingerprint density at radius 3 is 2.67 bits per heavy atom. The number of carbonyl (C=O) groups excluding carboxylic acids is 1. The van der Waals surface area contributed by atoms with Gasteiger partial charge in [0.2, 0.25) is 5.78 Å². The van der Waals surface area contributed by atoms with Gasteiger partial charge in [0.05, 0.1) is 4.88 Å². The summed E-state index contributed by atoms with van der Waals surface area (Å²) in [6.45, 7) is 4.13. The lowest BCUT2D eigenvalue weighted by molar-refractivity contribution is 0.104. The summed E-state index contributed by atoms with van der Waals surface area (Å²) in [4.78, 5) is 14.8. The summed E-state index contributed by atoms with van der Waals surface area (Å²) < 4.78 is 0. The van der Waals surface area contributed by atoms with E-state index < -0.39 is 0 Å². The molecular formula is C16H16OS. The number of fused-ring (bicyclic) bond motifs is 1. The van der Waals surface area contributed by atoms with Gasteiger partial charge in [-0.1, -0.05) is 12.1 Å². The predicted octanol–water partition coefficient (Wildman–Crippen LogP) is 4.08. The molecule has 1 nitrogen and oxygen atoms in total. The normalized spacial score (nSPS) is 13.7. The number of hydrogen-bond acceptors (Lipinski definition) is 2. The molecule has 1 aromatic carbocycles. The van der Waals surface area contributed by atoms with Crippen molar-refractivity contribution in [2.24, 2.45) is 0 Å². The fourth-order valence-electron chi connectivity index (χ4n) is 2.47. The molecule has 0 amide bonds. The first-order valence-electron chi connectivity index (χ1n) is 6.38. The largest absolute Gasteiger partial charge is 0.288 e. The SMILES string of the molecule is Cc1ccc(C(=O)c2cc3c(s2)CCC3)cc1C. The number of thiophene rings is 1. The van der Waals surface area contributed by atoms with Gasteiger partial charge in [-0.05, 0) is 61.9 Å². The Labute approximate surface area is 111 Å². The Kier molecular flexibility index (Phi) is 2.83. The second-order valence-electron chi connectivity index (χ2n) is 5.04. The Bertz CT molecular complexity index is 601. The van der Waals surface area contributed by atoms with E-state index in [0.717, 1.165) is 23.3 Å². The van der Waals surface area contributed by atoms with Crippen LogP contribution in [0.1, 0.15) is 43.2 Å². The van der Waals surface area contributed by atoms with Gasteiger partial charge in [0.1, 0.15) is 0 Å². The first-order valence-corrected chi connectivity index (χ1v) is 7.20. The summed E-state index contributed by atoms with van der Waals surface area (Å²) in [5.74, 6) is 0.178. The van der Waals surface area contributed by atoms with Crippen LogP contribution in [0.3, 0.4) is 0 Å². The van der Waals surface area contributed by atoms with E-state index >= 15 is 0 Å². The van der Waals surface area contributed by atoms with E-state index in [2.05, 4.69) is 19.9 Å². The van der Waals surface area contributed by atoms with E-state index in [4.69, 9.17) is 0 Å². The Balaban J connectivity index is 1.95. The van der Waals surface area contributed by atoms with Crippen molar-refractivity contribution in [3.63, 3.8) is 0 Å². The van der Waals surface area contributed by atoms with Crippen molar-refractivity contribution in [2.45, 2.75) is 33.1 Å². The lowest BCUT2D eigenvalue weighted by atomic mass is 10.0. The van der Waals surface area contributed by atoms with Gasteiger partial charge in [-0.2, -0.15) is 0 Å². The van der Waals surface area contributed by atoms with E-state index in [1.54, 1.807) is 11.3 Å². The monoisotopic (exact) mass is 256 g/mol. The number of ketones is 1. The van der Waals surface area contributed by atoms with E-state index in [1.165, 1.54) is 28.0 Å². The van der Waals surface area contributed by atoms with Crippen LogP contribution in [0.4, 0.5) is 0 Å². The van der Waals surface area contributed by atoms with Crippen molar-refractivity contribution >= 4 is 17.1 Å². The molecule has 1 heterocycles. The minimum absolute atomic E-state index is 0.178. The molecule has 3 rings (SSSR count). The lowest BCUT2D eigenvalue weighted by Gasteiger charge is -2.03. The van der Waals surface area contributed by atoms with Crippen LogP contribution in [0.5, 0.6) is 0 Å². The number of rotatable bonds is 2. The number of carbonyl (C=O) groups is 1. The zero-order chi connectivity index (χ0) is 12.7. The molecule has 0 bridgehead atoms. The van der Waals surface area contributed by atoms with Crippen LogP contribution in [0.2, 0.25) is 0 Å². The highest BCUT2D eigenvalue weighted by Gasteiger charge is 2.19. The fourth-order valence-corrected chi connectivity index (χ4v) is 3.68. The highest BCUT2D eigenvalue weighted by atomic mass is 32.1. The molecule has 2 heteroatoms. The molecule has 0 N–H and O–H groups in total. The Morgan fingerprint density at radius 2 is 1.94 bits per heavy atom. The van der Waals surface area contributed by atoms with Crippen LogP contribution in [-0.2, 0) is 12.8 Å². The summed E-state index contributed by atoms with van der Waals surface area (Å²) in [7, 11) is 0. The minimum Gasteiger partial charge on any atom is -0.288 e. The molecule has 1 aliphatic carbocycles. The molecule has 0 radical (unpaired) electrons. The maximum Gasteiger partial charge on any atom is 0.202 e. The third-order valence-corrected chi connectivity index (χ3v) is 4.98. The molecule has 0 saturated carbocycles. The predicted molar refractivity (Wildman–Crippen MR) is 75.7 cm³/mol. The smallest absolute Gasteiger partial charge is 0.202 e. The van der Waals surface area contributed by atoms with Gasteiger partial charge in [-0.25, -0.2) is 0 Å². The first kappa shape index (κ1) is 11.7. The highest BCUT2D eigenvalue weighted by Crippen LogP contribution is 2.31. The summed E-state index contributed by atoms with van der Waals surface area (Å²) in [6.07, 6.45) is 3.55. The lowest BCUT2D eigenvalue weighted by Crippen LogP contribution is -1.99. The van der Waals surface area contributed by atoms with Gasteiger partial charge in [-0.3, -0.25) is 4.79 Å². The maximum absolute atomic E-state index is 12.4. The molecule has 1 aliphatic rings. The van der Waals surface area contributed by atoms with Gasteiger partial charge >= 0.3 is 0 Å². The highest BCUT2D eigenvalue weighted by molar-refractivity contribution is 7.14. The molecule has 18 heavy (non-hydrogen) atoms. The van der Waals surface area contributed by atoms with Crippen molar-refractivity contribution in [3.8, 4) is 0 Å². The molecule has 0 fully saturated rings. The molecule has 2 aromatic rings. The number of hydrogen-bond donors (Lipinski definition) is 0. The standard InChI is InChI=1S/C16H16OS/c1-10-6-7-13(8-11(10)2)16(17)15-9-12-4-3-5-14(12)18-15/h6-9H,3-5H2,1-2H3. The third kappa shape index (κ3) is 1.91. The molecule has 0 spiro atoms. The quantitative estimate of drug-likeness (QED) is 0.740. The molecular weight excluding hydrogens is 240 g/mol.